The summed E-state index contributed by atoms with van der Waals surface area (Å²) < 4.78 is 10.6. The molecule has 0 radical (unpaired) electrons. The smallest absolute Gasteiger partial charge is 0.229 e. The largest absolute Gasteiger partial charge is 0.495 e. The molecule has 0 aliphatic carbocycles. The van der Waals surface area contributed by atoms with Gasteiger partial charge in [-0.1, -0.05) is 43.6 Å². The first-order valence-electron chi connectivity index (χ1n) is 9.89. The monoisotopic (exact) mass is 430 g/mol. The molecule has 0 bridgehead atoms. The number of hydrogen-bond donors (Lipinski definition) is 1. The molecule has 2 aromatic carbocycles. The molecule has 1 aliphatic rings. The summed E-state index contributed by atoms with van der Waals surface area (Å²) >= 11 is 6.26. The summed E-state index contributed by atoms with van der Waals surface area (Å²) in [5.41, 5.74) is 3.43. The molecule has 1 unspecified atom stereocenters. The molecule has 160 valence electrons. The lowest BCUT2D eigenvalue weighted by molar-refractivity contribution is -0.122. The van der Waals surface area contributed by atoms with Gasteiger partial charge >= 0.3 is 0 Å². The van der Waals surface area contributed by atoms with E-state index in [2.05, 4.69) is 19.2 Å². The van der Waals surface area contributed by atoms with Gasteiger partial charge in [0.05, 0.1) is 30.8 Å². The Kier molecular flexibility index (Phi) is 6.56. The van der Waals surface area contributed by atoms with Crippen molar-refractivity contribution in [1.82, 2.24) is 0 Å². The Bertz CT molecular complexity index is 974. The Morgan fingerprint density at radius 3 is 2.53 bits per heavy atom. The fourth-order valence-corrected chi connectivity index (χ4v) is 3.97. The Hall–Kier alpha value is -2.73. The minimum absolute atomic E-state index is 0.127. The first-order valence-corrected chi connectivity index (χ1v) is 10.3. The molecule has 2 aromatic rings. The highest BCUT2D eigenvalue weighted by molar-refractivity contribution is 6.32. The van der Waals surface area contributed by atoms with Gasteiger partial charge in [-0.25, -0.2) is 0 Å². The van der Waals surface area contributed by atoms with Crippen LogP contribution in [0.3, 0.4) is 0 Å². The number of benzene rings is 2. The van der Waals surface area contributed by atoms with E-state index in [-0.39, 0.29) is 30.7 Å². The number of carbonyl (C=O) groups is 2. The number of aryl methyl sites for hydroxylation is 1. The number of halogens is 1. The average Bonchev–Trinajstić information content (AvgIpc) is 3.10. The van der Waals surface area contributed by atoms with Gasteiger partial charge in [-0.05, 0) is 30.0 Å². The molecule has 1 fully saturated rings. The number of nitrogens with one attached hydrogen (secondary N) is 1. The molecule has 0 aromatic heterocycles. The maximum absolute atomic E-state index is 13.0. The van der Waals surface area contributed by atoms with E-state index in [0.29, 0.717) is 22.2 Å². The zero-order valence-corrected chi connectivity index (χ0v) is 18.7. The van der Waals surface area contributed by atoms with Crippen molar-refractivity contribution in [2.24, 2.45) is 5.92 Å². The maximum Gasteiger partial charge on any atom is 0.229 e. The SMILES string of the molecule is COc1cc(OC)c(N2CC(C(=O)Nc3c(C)cccc3C(C)C)CC2=O)cc1Cl. The lowest BCUT2D eigenvalue weighted by atomic mass is 9.97. The van der Waals surface area contributed by atoms with Crippen LogP contribution in [-0.4, -0.2) is 32.6 Å². The fourth-order valence-electron chi connectivity index (χ4n) is 3.74. The fraction of sp³-hybridized carbons (Fsp3) is 0.391. The quantitative estimate of drug-likeness (QED) is 0.716. The third kappa shape index (κ3) is 4.24. The summed E-state index contributed by atoms with van der Waals surface area (Å²) in [6, 6.07) is 9.25. The van der Waals surface area contributed by atoms with Gasteiger partial charge in [0, 0.05) is 24.7 Å². The lowest BCUT2D eigenvalue weighted by Gasteiger charge is -2.21. The number of nitrogens with zero attached hydrogens (tertiary/aromatic N) is 1. The van der Waals surface area contributed by atoms with Gasteiger partial charge in [0.2, 0.25) is 11.8 Å². The predicted molar refractivity (Wildman–Crippen MR) is 119 cm³/mol. The highest BCUT2D eigenvalue weighted by Crippen LogP contribution is 2.40. The number of anilines is 2. The van der Waals surface area contributed by atoms with Crippen LogP contribution in [0.1, 0.15) is 37.3 Å². The van der Waals surface area contributed by atoms with Crippen LogP contribution in [0.5, 0.6) is 11.5 Å². The molecule has 3 rings (SSSR count). The predicted octanol–water partition coefficient (Wildman–Crippen LogP) is 4.78. The molecule has 1 aliphatic heterocycles. The van der Waals surface area contributed by atoms with Crippen molar-refractivity contribution in [3.63, 3.8) is 0 Å². The van der Waals surface area contributed by atoms with Crippen LogP contribution in [0.15, 0.2) is 30.3 Å². The van der Waals surface area contributed by atoms with Gasteiger partial charge in [0.1, 0.15) is 11.5 Å². The first-order chi connectivity index (χ1) is 14.3. The van der Waals surface area contributed by atoms with Crippen molar-refractivity contribution in [3.05, 3.63) is 46.5 Å². The molecule has 6 nitrogen and oxygen atoms in total. The van der Waals surface area contributed by atoms with E-state index in [1.807, 2.05) is 25.1 Å². The summed E-state index contributed by atoms with van der Waals surface area (Å²) in [6.45, 7) is 6.40. The molecule has 2 amide bonds. The molecule has 1 saturated heterocycles. The molecule has 1 N–H and O–H groups in total. The van der Waals surface area contributed by atoms with Crippen LogP contribution in [-0.2, 0) is 9.59 Å². The summed E-state index contributed by atoms with van der Waals surface area (Å²) in [5.74, 6) is 0.408. The van der Waals surface area contributed by atoms with Crippen molar-refractivity contribution in [3.8, 4) is 11.5 Å². The second-order valence-electron chi connectivity index (χ2n) is 7.75. The first kappa shape index (κ1) is 22.0. The summed E-state index contributed by atoms with van der Waals surface area (Å²) in [7, 11) is 3.03. The third-order valence-electron chi connectivity index (χ3n) is 5.42. The topological polar surface area (TPSA) is 67.9 Å². The number of ether oxygens (including phenoxy) is 2. The van der Waals surface area contributed by atoms with Crippen LogP contribution < -0.4 is 19.7 Å². The molecule has 7 heteroatoms. The van der Waals surface area contributed by atoms with E-state index in [1.165, 1.54) is 14.2 Å². The molecule has 0 spiro atoms. The molecule has 1 atom stereocenters. The molecular formula is C23H27ClN2O4. The average molecular weight is 431 g/mol. The van der Waals surface area contributed by atoms with Crippen LogP contribution in [0.25, 0.3) is 0 Å². The number of para-hydroxylation sites is 1. The molecule has 30 heavy (non-hydrogen) atoms. The second kappa shape index (κ2) is 8.96. The zero-order valence-electron chi connectivity index (χ0n) is 17.9. The zero-order chi connectivity index (χ0) is 22.0. The summed E-state index contributed by atoms with van der Waals surface area (Å²) in [4.78, 5) is 27.3. The van der Waals surface area contributed by atoms with Gasteiger partial charge in [-0.2, -0.15) is 0 Å². The van der Waals surface area contributed by atoms with Crippen molar-refractivity contribution >= 4 is 34.8 Å². The van der Waals surface area contributed by atoms with Gasteiger partial charge in [0.25, 0.3) is 0 Å². The number of amides is 2. The minimum Gasteiger partial charge on any atom is -0.495 e. The standard InChI is InChI=1S/C23H27ClN2O4/c1-13(2)16-8-6-7-14(3)22(16)25-23(28)15-9-21(27)26(12-15)18-10-17(24)19(29-4)11-20(18)30-5/h6-8,10-11,13,15H,9,12H2,1-5H3,(H,25,28). The Morgan fingerprint density at radius 2 is 1.90 bits per heavy atom. The lowest BCUT2D eigenvalue weighted by Crippen LogP contribution is -2.29. The van der Waals surface area contributed by atoms with Crippen LogP contribution in [0, 0.1) is 12.8 Å². The van der Waals surface area contributed by atoms with E-state index < -0.39 is 5.92 Å². The maximum atomic E-state index is 13.0. The van der Waals surface area contributed by atoms with Crippen molar-refractivity contribution in [2.45, 2.75) is 33.1 Å². The van der Waals surface area contributed by atoms with Crippen LogP contribution >= 0.6 is 11.6 Å². The normalized spacial score (nSPS) is 16.2. The van der Waals surface area contributed by atoms with Crippen LogP contribution in [0.4, 0.5) is 11.4 Å². The van der Waals surface area contributed by atoms with Gasteiger partial charge in [-0.3, -0.25) is 9.59 Å². The Labute approximate surface area is 182 Å². The van der Waals surface area contributed by atoms with E-state index in [0.717, 1.165) is 16.8 Å². The van der Waals surface area contributed by atoms with Crippen molar-refractivity contribution in [2.75, 3.05) is 31.0 Å². The Balaban J connectivity index is 1.83. The highest BCUT2D eigenvalue weighted by Gasteiger charge is 2.37. The second-order valence-corrected chi connectivity index (χ2v) is 8.15. The number of rotatable bonds is 6. The number of methoxy groups -OCH3 is 2. The summed E-state index contributed by atoms with van der Waals surface area (Å²) in [5, 5.41) is 3.43. The van der Waals surface area contributed by atoms with Crippen molar-refractivity contribution < 1.29 is 19.1 Å². The van der Waals surface area contributed by atoms with Gasteiger partial charge < -0.3 is 19.7 Å². The third-order valence-corrected chi connectivity index (χ3v) is 5.71. The van der Waals surface area contributed by atoms with Crippen LogP contribution in [0.2, 0.25) is 5.02 Å². The van der Waals surface area contributed by atoms with E-state index >= 15 is 0 Å². The summed E-state index contributed by atoms with van der Waals surface area (Å²) in [6.07, 6.45) is 0.127. The molecule has 1 heterocycles. The highest BCUT2D eigenvalue weighted by atomic mass is 35.5. The van der Waals surface area contributed by atoms with Gasteiger partial charge in [-0.15, -0.1) is 0 Å². The van der Waals surface area contributed by atoms with Crippen molar-refractivity contribution in [1.29, 1.82) is 0 Å². The minimum atomic E-state index is -0.470. The van der Waals surface area contributed by atoms with E-state index in [1.54, 1.807) is 17.0 Å². The van der Waals surface area contributed by atoms with E-state index in [9.17, 15) is 9.59 Å². The molecular weight excluding hydrogens is 404 g/mol. The number of carbonyl (C=O) groups excluding carboxylic acids is 2. The Morgan fingerprint density at radius 1 is 1.20 bits per heavy atom. The number of hydrogen-bond acceptors (Lipinski definition) is 4. The van der Waals surface area contributed by atoms with E-state index in [4.69, 9.17) is 21.1 Å². The van der Waals surface area contributed by atoms with Gasteiger partial charge in [0.15, 0.2) is 0 Å². The molecule has 0 saturated carbocycles.